The SMILES string of the molecule is Cc1ccc(F)c2c1CN(C(=O)OC(C)(C)C)C2. The molecule has 1 heterocycles. The van der Waals surface area contributed by atoms with E-state index in [1.54, 1.807) is 6.07 Å². The maximum Gasteiger partial charge on any atom is 0.410 e. The summed E-state index contributed by atoms with van der Waals surface area (Å²) >= 11 is 0. The summed E-state index contributed by atoms with van der Waals surface area (Å²) in [7, 11) is 0. The van der Waals surface area contributed by atoms with Crippen molar-refractivity contribution in [1.29, 1.82) is 0 Å². The first-order valence-electron chi connectivity index (χ1n) is 6.03. The fourth-order valence-corrected chi connectivity index (χ4v) is 2.07. The van der Waals surface area contributed by atoms with Gasteiger partial charge in [-0.3, -0.25) is 4.90 Å². The number of carbonyl (C=O) groups is 1. The van der Waals surface area contributed by atoms with Gasteiger partial charge in [0.05, 0.1) is 13.1 Å². The van der Waals surface area contributed by atoms with Gasteiger partial charge in [0.25, 0.3) is 0 Å². The number of hydrogen-bond acceptors (Lipinski definition) is 2. The van der Waals surface area contributed by atoms with Crippen LogP contribution in [0.4, 0.5) is 9.18 Å². The molecule has 0 saturated carbocycles. The number of hydrogen-bond donors (Lipinski definition) is 0. The molecule has 0 saturated heterocycles. The Bertz CT molecular complexity index is 460. The van der Waals surface area contributed by atoms with Crippen molar-refractivity contribution in [2.75, 3.05) is 0 Å². The van der Waals surface area contributed by atoms with Gasteiger partial charge in [0, 0.05) is 5.56 Å². The fraction of sp³-hybridized carbons (Fsp3) is 0.500. The van der Waals surface area contributed by atoms with Gasteiger partial charge in [-0.15, -0.1) is 0 Å². The van der Waals surface area contributed by atoms with Crippen molar-refractivity contribution < 1.29 is 13.9 Å². The van der Waals surface area contributed by atoms with Gasteiger partial charge in [-0.25, -0.2) is 9.18 Å². The average molecular weight is 251 g/mol. The summed E-state index contributed by atoms with van der Waals surface area (Å²) in [5, 5.41) is 0. The van der Waals surface area contributed by atoms with E-state index in [4.69, 9.17) is 4.74 Å². The second-order valence-electron chi connectivity index (χ2n) is 5.66. The Labute approximate surface area is 107 Å². The molecule has 3 nitrogen and oxygen atoms in total. The van der Waals surface area contributed by atoms with Crippen molar-refractivity contribution in [2.24, 2.45) is 0 Å². The minimum absolute atomic E-state index is 0.248. The normalized spacial score (nSPS) is 14.6. The van der Waals surface area contributed by atoms with E-state index in [2.05, 4.69) is 0 Å². The summed E-state index contributed by atoms with van der Waals surface area (Å²) in [6.07, 6.45) is -0.391. The molecule has 1 aromatic rings. The van der Waals surface area contributed by atoms with Crippen LogP contribution in [0.2, 0.25) is 0 Å². The minimum Gasteiger partial charge on any atom is -0.444 e. The van der Waals surface area contributed by atoms with Gasteiger partial charge < -0.3 is 4.74 Å². The third kappa shape index (κ3) is 2.47. The van der Waals surface area contributed by atoms with Gasteiger partial charge in [-0.1, -0.05) is 6.07 Å². The number of amides is 1. The smallest absolute Gasteiger partial charge is 0.410 e. The van der Waals surface area contributed by atoms with Crippen LogP contribution in [0.25, 0.3) is 0 Å². The largest absolute Gasteiger partial charge is 0.444 e. The molecule has 1 aromatic carbocycles. The molecule has 4 heteroatoms. The maximum atomic E-state index is 13.7. The van der Waals surface area contributed by atoms with Crippen LogP contribution in [-0.4, -0.2) is 16.6 Å². The predicted molar refractivity (Wildman–Crippen MR) is 66.6 cm³/mol. The standard InChI is InChI=1S/C14H18FNO2/c1-9-5-6-12(15)11-8-16(7-10(9)11)13(17)18-14(2,3)4/h5-6H,7-8H2,1-4H3. The van der Waals surface area contributed by atoms with Crippen LogP contribution in [0.3, 0.4) is 0 Å². The van der Waals surface area contributed by atoms with Crippen LogP contribution in [0.1, 0.15) is 37.5 Å². The van der Waals surface area contributed by atoms with Crippen molar-refractivity contribution in [3.63, 3.8) is 0 Å². The summed E-state index contributed by atoms with van der Waals surface area (Å²) in [6.45, 7) is 8.10. The molecule has 0 atom stereocenters. The lowest BCUT2D eigenvalue weighted by molar-refractivity contribution is 0.0241. The third-order valence-electron chi connectivity index (χ3n) is 2.96. The van der Waals surface area contributed by atoms with Crippen LogP contribution in [0.5, 0.6) is 0 Å². The number of nitrogens with zero attached hydrogens (tertiary/aromatic N) is 1. The first kappa shape index (κ1) is 12.9. The number of halogens is 1. The van der Waals surface area contributed by atoms with Crippen molar-refractivity contribution in [2.45, 2.75) is 46.4 Å². The molecule has 2 rings (SSSR count). The molecule has 0 aromatic heterocycles. The molecule has 1 aliphatic heterocycles. The van der Waals surface area contributed by atoms with Crippen molar-refractivity contribution in [3.05, 3.63) is 34.6 Å². The molecule has 1 amide bonds. The van der Waals surface area contributed by atoms with E-state index in [0.29, 0.717) is 12.1 Å². The lowest BCUT2D eigenvalue weighted by Gasteiger charge is -2.24. The minimum atomic E-state index is -0.528. The van der Waals surface area contributed by atoms with E-state index in [1.807, 2.05) is 27.7 Å². The topological polar surface area (TPSA) is 29.5 Å². The Kier molecular flexibility index (Phi) is 3.05. The van der Waals surface area contributed by atoms with Gasteiger partial charge in [0.1, 0.15) is 11.4 Å². The number of carbonyl (C=O) groups excluding carboxylic acids is 1. The van der Waals surface area contributed by atoms with E-state index >= 15 is 0 Å². The third-order valence-corrected chi connectivity index (χ3v) is 2.96. The number of rotatable bonds is 0. The van der Waals surface area contributed by atoms with E-state index in [0.717, 1.165) is 11.1 Å². The Balaban J connectivity index is 2.18. The zero-order chi connectivity index (χ0) is 13.5. The molecule has 1 aliphatic rings. The van der Waals surface area contributed by atoms with Crippen LogP contribution in [-0.2, 0) is 17.8 Å². The molecule has 0 bridgehead atoms. The molecule has 0 N–H and O–H groups in total. The Morgan fingerprint density at radius 2 is 1.89 bits per heavy atom. The summed E-state index contributed by atoms with van der Waals surface area (Å²) in [5.74, 6) is -0.248. The van der Waals surface area contributed by atoms with Gasteiger partial charge in [0.15, 0.2) is 0 Å². The Morgan fingerprint density at radius 1 is 1.28 bits per heavy atom. The average Bonchev–Trinajstić information content (AvgIpc) is 2.67. The molecule has 98 valence electrons. The second kappa shape index (κ2) is 4.26. The molecular weight excluding hydrogens is 233 g/mol. The summed E-state index contributed by atoms with van der Waals surface area (Å²) < 4.78 is 19.0. The van der Waals surface area contributed by atoms with Crippen molar-refractivity contribution in [3.8, 4) is 0 Å². The van der Waals surface area contributed by atoms with E-state index in [-0.39, 0.29) is 12.4 Å². The molecule has 0 aliphatic carbocycles. The first-order chi connectivity index (χ1) is 8.28. The molecule has 0 fully saturated rings. The van der Waals surface area contributed by atoms with Gasteiger partial charge >= 0.3 is 6.09 Å². The summed E-state index contributed by atoms with van der Waals surface area (Å²) in [5.41, 5.74) is 2.00. The summed E-state index contributed by atoms with van der Waals surface area (Å²) in [6, 6.07) is 3.19. The number of aryl methyl sites for hydroxylation is 1. The molecule has 0 spiro atoms. The quantitative estimate of drug-likeness (QED) is 0.707. The Hall–Kier alpha value is -1.58. The monoisotopic (exact) mass is 251 g/mol. The highest BCUT2D eigenvalue weighted by Gasteiger charge is 2.30. The second-order valence-corrected chi connectivity index (χ2v) is 5.66. The van der Waals surface area contributed by atoms with Crippen molar-refractivity contribution >= 4 is 6.09 Å². The Morgan fingerprint density at radius 3 is 2.44 bits per heavy atom. The van der Waals surface area contributed by atoms with Crippen LogP contribution in [0, 0.1) is 12.7 Å². The number of ether oxygens (including phenoxy) is 1. The highest BCUT2D eigenvalue weighted by molar-refractivity contribution is 5.69. The number of fused-ring (bicyclic) bond motifs is 1. The predicted octanol–water partition coefficient (Wildman–Crippen LogP) is 3.38. The van der Waals surface area contributed by atoms with Gasteiger partial charge in [-0.2, -0.15) is 0 Å². The maximum absolute atomic E-state index is 13.7. The number of benzene rings is 1. The highest BCUT2D eigenvalue weighted by atomic mass is 19.1. The molecule has 18 heavy (non-hydrogen) atoms. The lowest BCUT2D eigenvalue weighted by atomic mass is 10.0. The first-order valence-corrected chi connectivity index (χ1v) is 6.03. The van der Waals surface area contributed by atoms with Crippen LogP contribution in [0.15, 0.2) is 12.1 Å². The van der Waals surface area contributed by atoms with E-state index in [9.17, 15) is 9.18 Å². The zero-order valence-electron chi connectivity index (χ0n) is 11.2. The fourth-order valence-electron chi connectivity index (χ4n) is 2.07. The van der Waals surface area contributed by atoms with Gasteiger partial charge in [-0.05, 0) is 44.9 Å². The summed E-state index contributed by atoms with van der Waals surface area (Å²) in [4.78, 5) is 13.5. The molecule has 0 unspecified atom stereocenters. The highest BCUT2D eigenvalue weighted by Crippen LogP contribution is 2.29. The lowest BCUT2D eigenvalue weighted by Crippen LogP contribution is -2.33. The molecule has 0 radical (unpaired) electrons. The zero-order valence-corrected chi connectivity index (χ0v) is 11.2. The van der Waals surface area contributed by atoms with Crippen LogP contribution < -0.4 is 0 Å². The van der Waals surface area contributed by atoms with E-state index in [1.165, 1.54) is 11.0 Å². The molecular formula is C14H18FNO2. The van der Waals surface area contributed by atoms with Gasteiger partial charge in [0.2, 0.25) is 0 Å². The van der Waals surface area contributed by atoms with E-state index < -0.39 is 11.7 Å². The van der Waals surface area contributed by atoms with Crippen molar-refractivity contribution in [1.82, 2.24) is 4.90 Å². The van der Waals surface area contributed by atoms with Crippen LogP contribution >= 0.6 is 0 Å².